The minimum atomic E-state index is -5.08. The lowest BCUT2D eigenvalue weighted by atomic mass is 9.78. The van der Waals surface area contributed by atoms with Gasteiger partial charge < -0.3 is 20.4 Å². The van der Waals surface area contributed by atoms with E-state index in [1.54, 1.807) is 12.4 Å². The van der Waals surface area contributed by atoms with Gasteiger partial charge in [-0.05, 0) is 42.9 Å². The number of likely N-dealkylation sites (tertiary alicyclic amines) is 1. The van der Waals surface area contributed by atoms with E-state index in [4.69, 9.17) is 19.8 Å². The SMILES string of the molecule is O=C(Cc1cccnc1)N1CCC2(CCNC2)CC1.O=C(O)C(F)(F)F.O=C(O)C(F)(F)F. The van der Waals surface area contributed by atoms with Crippen LogP contribution in [0.25, 0.3) is 0 Å². The van der Waals surface area contributed by atoms with Gasteiger partial charge in [0.2, 0.25) is 5.91 Å². The summed E-state index contributed by atoms with van der Waals surface area (Å²) in [6.07, 6.45) is -2.58. The third-order valence-electron chi connectivity index (χ3n) is 5.07. The van der Waals surface area contributed by atoms with Gasteiger partial charge in [-0.3, -0.25) is 9.78 Å². The topological polar surface area (TPSA) is 120 Å². The van der Waals surface area contributed by atoms with Crippen LogP contribution in [0.4, 0.5) is 26.3 Å². The molecule has 14 heteroatoms. The maximum atomic E-state index is 12.3. The molecular formula is C19H23F6N3O5. The summed E-state index contributed by atoms with van der Waals surface area (Å²) in [7, 11) is 0. The summed E-state index contributed by atoms with van der Waals surface area (Å²) in [5, 5.41) is 17.7. The Morgan fingerprint density at radius 3 is 1.88 bits per heavy atom. The van der Waals surface area contributed by atoms with Crippen molar-refractivity contribution in [3.63, 3.8) is 0 Å². The molecule has 2 aliphatic heterocycles. The Morgan fingerprint density at radius 2 is 1.52 bits per heavy atom. The molecule has 0 bridgehead atoms. The number of pyridine rings is 1. The number of carbonyl (C=O) groups excluding carboxylic acids is 1. The van der Waals surface area contributed by atoms with Gasteiger partial charge in [0.25, 0.3) is 0 Å². The Balaban J connectivity index is 0.000000324. The molecule has 1 aromatic heterocycles. The van der Waals surface area contributed by atoms with Crippen molar-refractivity contribution in [1.82, 2.24) is 15.2 Å². The Labute approximate surface area is 184 Å². The van der Waals surface area contributed by atoms with E-state index in [2.05, 4.69) is 10.3 Å². The van der Waals surface area contributed by atoms with Crippen LogP contribution in [0, 0.1) is 5.41 Å². The number of carbonyl (C=O) groups is 3. The number of aliphatic carboxylic acids is 2. The number of halogens is 6. The molecule has 186 valence electrons. The van der Waals surface area contributed by atoms with Crippen LogP contribution >= 0.6 is 0 Å². The van der Waals surface area contributed by atoms with Crippen molar-refractivity contribution < 1.29 is 50.9 Å². The quantitative estimate of drug-likeness (QED) is 0.549. The second-order valence-electron chi connectivity index (χ2n) is 7.45. The fourth-order valence-electron chi connectivity index (χ4n) is 3.24. The summed E-state index contributed by atoms with van der Waals surface area (Å²) in [4.78, 5) is 36.1. The average Bonchev–Trinajstić information content (AvgIpc) is 3.16. The third-order valence-corrected chi connectivity index (χ3v) is 5.07. The molecule has 0 unspecified atom stereocenters. The molecule has 0 saturated carbocycles. The first-order valence-electron chi connectivity index (χ1n) is 9.64. The molecule has 33 heavy (non-hydrogen) atoms. The van der Waals surface area contributed by atoms with E-state index >= 15 is 0 Å². The lowest BCUT2D eigenvalue weighted by molar-refractivity contribution is -0.193. The molecule has 2 aliphatic rings. The number of carboxylic acids is 2. The van der Waals surface area contributed by atoms with Gasteiger partial charge in [0.05, 0.1) is 6.42 Å². The van der Waals surface area contributed by atoms with Crippen molar-refractivity contribution in [2.45, 2.75) is 38.0 Å². The predicted octanol–water partition coefficient (Wildman–Crippen LogP) is 2.49. The summed E-state index contributed by atoms with van der Waals surface area (Å²) in [6.45, 7) is 4.11. The van der Waals surface area contributed by atoms with Gasteiger partial charge in [0, 0.05) is 32.0 Å². The monoisotopic (exact) mass is 487 g/mol. The number of amides is 1. The lowest BCUT2D eigenvalue weighted by Crippen LogP contribution is -2.44. The van der Waals surface area contributed by atoms with E-state index < -0.39 is 24.3 Å². The van der Waals surface area contributed by atoms with Crippen LogP contribution in [0.15, 0.2) is 24.5 Å². The first-order valence-corrected chi connectivity index (χ1v) is 9.64. The molecule has 3 rings (SSSR count). The number of hydrogen-bond donors (Lipinski definition) is 3. The zero-order chi connectivity index (χ0) is 25.3. The van der Waals surface area contributed by atoms with Crippen LogP contribution in [0.5, 0.6) is 0 Å². The fraction of sp³-hybridized carbons (Fsp3) is 0.579. The minimum Gasteiger partial charge on any atom is -0.475 e. The predicted molar refractivity (Wildman–Crippen MR) is 101 cm³/mol. The van der Waals surface area contributed by atoms with E-state index in [9.17, 15) is 31.1 Å². The second-order valence-corrected chi connectivity index (χ2v) is 7.45. The van der Waals surface area contributed by atoms with Crippen molar-refractivity contribution in [2.24, 2.45) is 5.41 Å². The number of alkyl halides is 6. The number of rotatable bonds is 2. The van der Waals surface area contributed by atoms with Crippen LogP contribution in [0.2, 0.25) is 0 Å². The molecule has 1 aromatic rings. The standard InChI is InChI=1S/C15H21N3O.2C2HF3O2/c19-14(10-13-2-1-6-16-11-13)18-8-4-15(5-9-18)3-7-17-12-15;2*3-2(4,5)1(6)7/h1-2,6,11,17H,3-5,7-10,12H2;2*(H,6,7). The molecule has 0 radical (unpaired) electrons. The molecule has 1 spiro atoms. The molecule has 3 N–H and O–H groups in total. The first-order chi connectivity index (χ1) is 15.2. The maximum absolute atomic E-state index is 12.3. The third kappa shape index (κ3) is 10.1. The average molecular weight is 487 g/mol. The number of carboxylic acid groups (broad SMARTS) is 2. The van der Waals surface area contributed by atoms with Crippen LogP contribution in [0.3, 0.4) is 0 Å². The molecule has 0 aliphatic carbocycles. The number of aromatic nitrogens is 1. The summed E-state index contributed by atoms with van der Waals surface area (Å²) in [6, 6.07) is 3.86. The Hall–Kier alpha value is -2.90. The smallest absolute Gasteiger partial charge is 0.475 e. The van der Waals surface area contributed by atoms with Gasteiger partial charge in [0.15, 0.2) is 0 Å². The first kappa shape index (κ1) is 28.1. The van der Waals surface area contributed by atoms with Gasteiger partial charge in [-0.1, -0.05) is 6.07 Å². The molecule has 8 nitrogen and oxygen atoms in total. The van der Waals surface area contributed by atoms with Gasteiger partial charge in [-0.15, -0.1) is 0 Å². The highest BCUT2D eigenvalue weighted by atomic mass is 19.4. The van der Waals surface area contributed by atoms with Gasteiger partial charge in [-0.2, -0.15) is 26.3 Å². The van der Waals surface area contributed by atoms with Crippen LogP contribution in [0.1, 0.15) is 24.8 Å². The molecule has 2 fully saturated rings. The molecule has 0 aromatic carbocycles. The lowest BCUT2D eigenvalue weighted by Gasteiger charge is -2.39. The maximum Gasteiger partial charge on any atom is 0.490 e. The van der Waals surface area contributed by atoms with Gasteiger partial charge in [0.1, 0.15) is 0 Å². The summed E-state index contributed by atoms with van der Waals surface area (Å²) in [5.74, 6) is -5.27. The van der Waals surface area contributed by atoms with Crippen molar-refractivity contribution in [2.75, 3.05) is 26.2 Å². The normalized spacial score (nSPS) is 17.3. The van der Waals surface area contributed by atoms with Crippen molar-refractivity contribution >= 4 is 17.8 Å². The summed E-state index contributed by atoms with van der Waals surface area (Å²) >= 11 is 0. The molecular weight excluding hydrogens is 464 g/mol. The number of nitrogens with zero attached hydrogens (tertiary/aromatic N) is 2. The highest BCUT2D eigenvalue weighted by Gasteiger charge is 2.39. The highest BCUT2D eigenvalue weighted by molar-refractivity contribution is 5.78. The summed E-state index contributed by atoms with van der Waals surface area (Å²) < 4.78 is 63.5. The Kier molecular flexibility index (Phi) is 10.1. The largest absolute Gasteiger partial charge is 0.490 e. The minimum absolute atomic E-state index is 0.244. The van der Waals surface area contributed by atoms with Crippen LogP contribution in [-0.2, 0) is 20.8 Å². The molecule has 1 amide bonds. The molecule has 2 saturated heterocycles. The second kappa shape index (κ2) is 11.8. The Morgan fingerprint density at radius 1 is 1.00 bits per heavy atom. The highest BCUT2D eigenvalue weighted by Crippen LogP contribution is 2.36. The molecule has 0 atom stereocenters. The number of piperidine rings is 1. The van der Waals surface area contributed by atoms with Gasteiger partial charge >= 0.3 is 24.3 Å². The number of nitrogens with one attached hydrogen (secondary N) is 1. The van der Waals surface area contributed by atoms with E-state index in [1.807, 2.05) is 17.0 Å². The fourth-order valence-corrected chi connectivity index (χ4v) is 3.24. The number of hydrogen-bond acceptors (Lipinski definition) is 5. The molecule has 3 heterocycles. The van der Waals surface area contributed by atoms with E-state index in [-0.39, 0.29) is 5.91 Å². The Bertz CT molecular complexity index is 761. The van der Waals surface area contributed by atoms with Gasteiger partial charge in [-0.25, -0.2) is 9.59 Å². The summed E-state index contributed by atoms with van der Waals surface area (Å²) in [5.41, 5.74) is 1.49. The van der Waals surface area contributed by atoms with Crippen molar-refractivity contribution in [1.29, 1.82) is 0 Å². The van der Waals surface area contributed by atoms with E-state index in [0.29, 0.717) is 11.8 Å². The van der Waals surface area contributed by atoms with E-state index in [1.165, 1.54) is 6.42 Å². The van der Waals surface area contributed by atoms with Crippen LogP contribution < -0.4 is 5.32 Å². The van der Waals surface area contributed by atoms with Crippen LogP contribution in [-0.4, -0.2) is 76.5 Å². The van der Waals surface area contributed by atoms with Crippen molar-refractivity contribution in [3.05, 3.63) is 30.1 Å². The zero-order valence-electron chi connectivity index (χ0n) is 17.2. The zero-order valence-corrected chi connectivity index (χ0v) is 17.2. The van der Waals surface area contributed by atoms with E-state index in [0.717, 1.165) is 44.6 Å². The van der Waals surface area contributed by atoms with Crippen molar-refractivity contribution in [3.8, 4) is 0 Å².